The van der Waals surface area contributed by atoms with E-state index in [0.717, 1.165) is 15.9 Å². The standard InChI is InChI=1S/C21H19FN2O3S/c1-16-11-13-18(14-12-16)28(26,27)24(20-10-6-5-9-19(20)22)15-21(25)23-17-7-3-2-4-8-17/h2-14H,15H2,1H3,(H,23,25). The molecule has 0 spiro atoms. The maximum absolute atomic E-state index is 14.4. The third-order valence-corrected chi connectivity index (χ3v) is 5.85. The van der Waals surface area contributed by atoms with Gasteiger partial charge in [-0.3, -0.25) is 9.10 Å². The van der Waals surface area contributed by atoms with Gasteiger partial charge in [-0.1, -0.05) is 48.0 Å². The van der Waals surface area contributed by atoms with Gasteiger partial charge in [-0.05, 0) is 43.3 Å². The first-order chi connectivity index (χ1) is 13.4. The van der Waals surface area contributed by atoms with Crippen molar-refractivity contribution in [2.24, 2.45) is 0 Å². The Labute approximate surface area is 163 Å². The fraction of sp³-hybridized carbons (Fsp3) is 0.0952. The predicted octanol–water partition coefficient (Wildman–Crippen LogP) is 3.97. The number of para-hydroxylation sites is 2. The zero-order valence-corrected chi connectivity index (χ0v) is 16.0. The number of rotatable bonds is 6. The molecule has 0 atom stereocenters. The van der Waals surface area contributed by atoms with Crippen LogP contribution in [0.15, 0.2) is 83.8 Å². The molecule has 1 N–H and O–H groups in total. The van der Waals surface area contributed by atoms with Crippen molar-refractivity contribution >= 4 is 27.3 Å². The van der Waals surface area contributed by atoms with Crippen LogP contribution >= 0.6 is 0 Å². The number of hydrogen-bond acceptors (Lipinski definition) is 3. The fourth-order valence-electron chi connectivity index (χ4n) is 2.64. The van der Waals surface area contributed by atoms with Crippen LogP contribution in [0.4, 0.5) is 15.8 Å². The van der Waals surface area contributed by atoms with E-state index >= 15 is 0 Å². The van der Waals surface area contributed by atoms with E-state index < -0.39 is 28.3 Å². The summed E-state index contributed by atoms with van der Waals surface area (Å²) >= 11 is 0. The molecule has 0 bridgehead atoms. The Bertz CT molecular complexity index is 1070. The van der Waals surface area contributed by atoms with Gasteiger partial charge in [0.2, 0.25) is 5.91 Å². The topological polar surface area (TPSA) is 66.5 Å². The van der Waals surface area contributed by atoms with Crippen LogP contribution in [0.2, 0.25) is 0 Å². The maximum Gasteiger partial charge on any atom is 0.264 e. The van der Waals surface area contributed by atoms with Crippen LogP contribution in [-0.2, 0) is 14.8 Å². The van der Waals surface area contributed by atoms with E-state index in [1.54, 1.807) is 42.5 Å². The van der Waals surface area contributed by atoms with Crippen molar-refractivity contribution in [2.75, 3.05) is 16.2 Å². The molecule has 1 amide bonds. The van der Waals surface area contributed by atoms with E-state index in [2.05, 4.69) is 5.32 Å². The van der Waals surface area contributed by atoms with Gasteiger partial charge in [0, 0.05) is 5.69 Å². The Morgan fingerprint density at radius 3 is 2.18 bits per heavy atom. The van der Waals surface area contributed by atoms with Gasteiger partial charge >= 0.3 is 0 Å². The van der Waals surface area contributed by atoms with Gasteiger partial charge in [0.25, 0.3) is 10.0 Å². The monoisotopic (exact) mass is 398 g/mol. The summed E-state index contributed by atoms with van der Waals surface area (Å²) in [5.41, 5.74) is 1.22. The van der Waals surface area contributed by atoms with Crippen molar-refractivity contribution in [1.82, 2.24) is 0 Å². The zero-order valence-electron chi connectivity index (χ0n) is 15.2. The first-order valence-electron chi connectivity index (χ1n) is 8.57. The Kier molecular flexibility index (Phi) is 5.75. The smallest absolute Gasteiger partial charge is 0.264 e. The number of aryl methyl sites for hydroxylation is 1. The lowest BCUT2D eigenvalue weighted by Crippen LogP contribution is -2.38. The van der Waals surface area contributed by atoms with Gasteiger partial charge in [0.05, 0.1) is 10.6 Å². The minimum Gasteiger partial charge on any atom is -0.325 e. The molecule has 0 fully saturated rings. The molecule has 3 aromatic carbocycles. The van der Waals surface area contributed by atoms with Crippen LogP contribution in [0.3, 0.4) is 0 Å². The second-order valence-electron chi connectivity index (χ2n) is 6.19. The van der Waals surface area contributed by atoms with E-state index in [0.29, 0.717) is 5.69 Å². The SMILES string of the molecule is Cc1ccc(S(=O)(=O)N(CC(=O)Nc2ccccc2)c2ccccc2F)cc1. The van der Waals surface area contributed by atoms with Crippen molar-refractivity contribution in [1.29, 1.82) is 0 Å². The van der Waals surface area contributed by atoms with Gasteiger partial charge in [-0.25, -0.2) is 12.8 Å². The number of nitrogens with zero attached hydrogens (tertiary/aromatic N) is 1. The largest absolute Gasteiger partial charge is 0.325 e. The third-order valence-electron chi connectivity index (χ3n) is 4.07. The van der Waals surface area contributed by atoms with E-state index in [-0.39, 0.29) is 10.6 Å². The van der Waals surface area contributed by atoms with E-state index in [1.807, 2.05) is 6.92 Å². The molecule has 0 unspecified atom stereocenters. The number of hydrogen-bond donors (Lipinski definition) is 1. The second kappa shape index (κ2) is 8.22. The summed E-state index contributed by atoms with van der Waals surface area (Å²) in [6.07, 6.45) is 0. The lowest BCUT2D eigenvalue weighted by Gasteiger charge is -2.24. The van der Waals surface area contributed by atoms with Gasteiger partial charge in [0.1, 0.15) is 12.4 Å². The minimum absolute atomic E-state index is 0.0196. The number of carbonyl (C=O) groups is 1. The summed E-state index contributed by atoms with van der Waals surface area (Å²) in [5, 5.41) is 2.63. The minimum atomic E-state index is -4.15. The quantitative estimate of drug-likeness (QED) is 0.683. The highest BCUT2D eigenvalue weighted by atomic mass is 32.2. The molecule has 5 nitrogen and oxygen atoms in total. The van der Waals surface area contributed by atoms with Gasteiger partial charge in [0.15, 0.2) is 0 Å². The summed E-state index contributed by atoms with van der Waals surface area (Å²) in [6.45, 7) is 1.27. The summed E-state index contributed by atoms with van der Waals surface area (Å²) in [7, 11) is -4.15. The summed E-state index contributed by atoms with van der Waals surface area (Å²) < 4.78 is 41.5. The molecular formula is C21H19FN2O3S. The maximum atomic E-state index is 14.4. The van der Waals surface area contributed by atoms with Crippen molar-refractivity contribution in [3.05, 3.63) is 90.2 Å². The normalized spacial score (nSPS) is 11.1. The van der Waals surface area contributed by atoms with Crippen LogP contribution in [0.1, 0.15) is 5.56 Å². The predicted molar refractivity (Wildman–Crippen MR) is 107 cm³/mol. The highest BCUT2D eigenvalue weighted by Crippen LogP contribution is 2.26. The number of sulfonamides is 1. The molecule has 0 aliphatic rings. The van der Waals surface area contributed by atoms with E-state index in [4.69, 9.17) is 0 Å². The molecule has 3 rings (SSSR count). The lowest BCUT2D eigenvalue weighted by molar-refractivity contribution is -0.114. The van der Waals surface area contributed by atoms with Crippen LogP contribution in [0.25, 0.3) is 0 Å². The van der Waals surface area contributed by atoms with Gasteiger partial charge < -0.3 is 5.32 Å². The molecular weight excluding hydrogens is 379 g/mol. The third kappa shape index (κ3) is 4.37. The van der Waals surface area contributed by atoms with Crippen molar-refractivity contribution in [3.8, 4) is 0 Å². The average Bonchev–Trinajstić information content (AvgIpc) is 2.68. The van der Waals surface area contributed by atoms with E-state index in [1.165, 1.54) is 30.3 Å². The molecule has 0 aliphatic heterocycles. The van der Waals surface area contributed by atoms with E-state index in [9.17, 15) is 17.6 Å². The molecule has 0 heterocycles. The zero-order chi connectivity index (χ0) is 20.1. The molecule has 28 heavy (non-hydrogen) atoms. The summed E-state index contributed by atoms with van der Waals surface area (Å²) in [4.78, 5) is 12.5. The molecule has 3 aromatic rings. The average molecular weight is 398 g/mol. The van der Waals surface area contributed by atoms with Gasteiger partial charge in [-0.15, -0.1) is 0 Å². The lowest BCUT2D eigenvalue weighted by atomic mass is 10.2. The Morgan fingerprint density at radius 1 is 0.929 bits per heavy atom. The van der Waals surface area contributed by atoms with Gasteiger partial charge in [-0.2, -0.15) is 0 Å². The number of amides is 1. The molecule has 0 aliphatic carbocycles. The highest BCUT2D eigenvalue weighted by molar-refractivity contribution is 7.92. The van der Waals surface area contributed by atoms with Crippen LogP contribution in [0.5, 0.6) is 0 Å². The Morgan fingerprint density at radius 2 is 1.54 bits per heavy atom. The number of benzene rings is 3. The Balaban J connectivity index is 1.97. The van der Waals surface area contributed by atoms with Crippen LogP contribution in [-0.4, -0.2) is 20.9 Å². The number of halogens is 1. The van der Waals surface area contributed by atoms with Crippen molar-refractivity contribution < 1.29 is 17.6 Å². The summed E-state index contributed by atoms with van der Waals surface area (Å²) in [6, 6.07) is 20.3. The molecule has 0 radical (unpaired) electrons. The number of nitrogens with one attached hydrogen (secondary N) is 1. The highest BCUT2D eigenvalue weighted by Gasteiger charge is 2.29. The fourth-order valence-corrected chi connectivity index (χ4v) is 4.07. The number of anilines is 2. The molecule has 7 heteroatoms. The van der Waals surface area contributed by atoms with Crippen molar-refractivity contribution in [2.45, 2.75) is 11.8 Å². The molecule has 0 aromatic heterocycles. The summed E-state index contributed by atoms with van der Waals surface area (Å²) in [5.74, 6) is -1.31. The molecule has 144 valence electrons. The first-order valence-corrected chi connectivity index (χ1v) is 10.0. The van der Waals surface area contributed by atoms with Crippen molar-refractivity contribution in [3.63, 3.8) is 0 Å². The second-order valence-corrected chi connectivity index (χ2v) is 8.05. The molecule has 0 saturated heterocycles. The molecule has 0 saturated carbocycles. The first kappa shape index (κ1) is 19.6. The number of carbonyl (C=O) groups excluding carboxylic acids is 1. The Hall–Kier alpha value is -3.19. The van der Waals surface area contributed by atoms with Crippen LogP contribution in [0, 0.1) is 12.7 Å². The van der Waals surface area contributed by atoms with Crippen LogP contribution < -0.4 is 9.62 Å².